The van der Waals surface area contributed by atoms with Gasteiger partial charge in [-0.25, -0.2) is 0 Å². The molecule has 0 unspecified atom stereocenters. The van der Waals surface area contributed by atoms with Crippen LogP contribution in [0, 0.1) is 0 Å². The van der Waals surface area contributed by atoms with Gasteiger partial charge in [0.25, 0.3) is 0 Å². The first-order valence-corrected chi connectivity index (χ1v) is 16.7. The Morgan fingerprint density at radius 1 is 0.306 bits per heavy atom. The smallest absolute Gasteiger partial charge is 0.0971 e. The van der Waals surface area contributed by atoms with E-state index >= 15 is 0 Å². The van der Waals surface area contributed by atoms with Crippen LogP contribution in [0.5, 0.6) is 0 Å². The van der Waals surface area contributed by atoms with Gasteiger partial charge in [-0.05, 0) is 86.6 Å². The Labute approximate surface area is 283 Å². The predicted octanol–water partition coefficient (Wildman–Crippen LogP) is 12.0. The van der Waals surface area contributed by atoms with Gasteiger partial charge in [0.2, 0.25) is 0 Å². The van der Waals surface area contributed by atoms with Gasteiger partial charge < -0.3 is 4.57 Å². The Bertz CT molecular complexity index is 2820. The van der Waals surface area contributed by atoms with Crippen LogP contribution in [0.25, 0.3) is 93.5 Å². The number of benzene rings is 8. The van der Waals surface area contributed by atoms with E-state index in [0.29, 0.717) is 0 Å². The predicted molar refractivity (Wildman–Crippen MR) is 205 cm³/mol. The van der Waals surface area contributed by atoms with Gasteiger partial charge in [-0.2, -0.15) is 0 Å². The normalized spacial score (nSPS) is 11.7. The van der Waals surface area contributed by atoms with E-state index in [1.807, 2.05) is 0 Å². The van der Waals surface area contributed by atoms with E-state index in [0.717, 1.165) is 27.5 Å². The van der Waals surface area contributed by atoms with E-state index in [1.54, 1.807) is 12.4 Å². The van der Waals surface area contributed by atoms with Gasteiger partial charge in [0, 0.05) is 39.6 Å². The summed E-state index contributed by atoms with van der Waals surface area (Å²) in [5.74, 6) is 0. The SMILES string of the molecule is c1ccc(-c2ccc3c(c2)c2cc(-c4ccc(-c5ccc6c(c5)c5ccccc5c5nccnc65)cc4)ccc2n3-c2ccccc2)cc1. The average Bonchev–Trinajstić information content (AvgIpc) is 3.51. The summed E-state index contributed by atoms with van der Waals surface area (Å²) in [5.41, 5.74) is 12.7. The van der Waals surface area contributed by atoms with Crippen molar-refractivity contribution < 1.29 is 0 Å². The summed E-state index contributed by atoms with van der Waals surface area (Å²) in [4.78, 5) is 9.41. The fourth-order valence-corrected chi connectivity index (χ4v) is 7.53. The molecule has 3 heteroatoms. The zero-order valence-electron chi connectivity index (χ0n) is 26.6. The minimum atomic E-state index is 0.943. The van der Waals surface area contributed by atoms with Gasteiger partial charge in [0.1, 0.15) is 0 Å². The summed E-state index contributed by atoms with van der Waals surface area (Å²) in [6, 6.07) is 59.2. The number of hydrogen-bond donors (Lipinski definition) is 0. The van der Waals surface area contributed by atoms with Gasteiger partial charge >= 0.3 is 0 Å². The maximum absolute atomic E-state index is 4.72. The van der Waals surface area contributed by atoms with Crippen molar-refractivity contribution in [3.05, 3.63) is 176 Å². The van der Waals surface area contributed by atoms with Crippen molar-refractivity contribution in [1.29, 1.82) is 0 Å². The molecule has 2 heterocycles. The Kier molecular flexibility index (Phi) is 6.18. The van der Waals surface area contributed by atoms with Crippen LogP contribution in [0.15, 0.2) is 176 Å². The van der Waals surface area contributed by atoms with Crippen LogP contribution in [-0.2, 0) is 0 Å². The molecule has 0 saturated heterocycles. The molecule has 0 saturated carbocycles. The molecule has 3 nitrogen and oxygen atoms in total. The molecule has 10 rings (SSSR count). The van der Waals surface area contributed by atoms with E-state index in [4.69, 9.17) is 4.98 Å². The monoisotopic (exact) mass is 623 g/mol. The topological polar surface area (TPSA) is 30.7 Å². The lowest BCUT2D eigenvalue weighted by molar-refractivity contribution is 1.18. The third-order valence-electron chi connectivity index (χ3n) is 9.88. The number of para-hydroxylation sites is 1. The van der Waals surface area contributed by atoms with Crippen LogP contribution in [-0.4, -0.2) is 14.5 Å². The van der Waals surface area contributed by atoms with E-state index < -0.39 is 0 Å². The van der Waals surface area contributed by atoms with E-state index in [2.05, 4.69) is 173 Å². The number of fused-ring (bicyclic) bond motifs is 9. The summed E-state index contributed by atoms with van der Waals surface area (Å²) < 4.78 is 2.38. The van der Waals surface area contributed by atoms with Gasteiger partial charge in [-0.3, -0.25) is 9.97 Å². The first kappa shape index (κ1) is 27.5. The molecule has 8 aromatic carbocycles. The van der Waals surface area contributed by atoms with Gasteiger partial charge in [-0.15, -0.1) is 0 Å². The third kappa shape index (κ3) is 4.44. The first-order chi connectivity index (χ1) is 24.3. The second-order valence-electron chi connectivity index (χ2n) is 12.6. The van der Waals surface area contributed by atoms with Crippen LogP contribution >= 0.6 is 0 Å². The van der Waals surface area contributed by atoms with E-state index in [-0.39, 0.29) is 0 Å². The third-order valence-corrected chi connectivity index (χ3v) is 9.88. The van der Waals surface area contributed by atoms with Gasteiger partial charge in [0.05, 0.1) is 22.1 Å². The maximum Gasteiger partial charge on any atom is 0.0971 e. The first-order valence-electron chi connectivity index (χ1n) is 16.7. The van der Waals surface area contributed by atoms with E-state index in [9.17, 15) is 0 Å². The van der Waals surface area contributed by atoms with Crippen molar-refractivity contribution in [3.63, 3.8) is 0 Å². The molecule has 0 atom stereocenters. The van der Waals surface area contributed by atoms with Crippen molar-refractivity contribution in [2.45, 2.75) is 0 Å². The van der Waals surface area contributed by atoms with Crippen molar-refractivity contribution in [1.82, 2.24) is 14.5 Å². The molecular formula is C46H29N3. The molecule has 2 aromatic heterocycles. The lowest BCUT2D eigenvalue weighted by atomic mass is 9.94. The van der Waals surface area contributed by atoms with Gasteiger partial charge in [0.15, 0.2) is 0 Å². The standard InChI is InChI=1S/C46H29N3/c1-3-9-30(10-4-1)34-20-23-43-41(28-34)42-29-35(21-24-44(42)49(43)36-11-5-2-6-12-36)32-17-15-31(16-18-32)33-19-22-39-40(27-33)37-13-7-8-14-38(37)45-46(39)48-26-25-47-45/h1-29H. The summed E-state index contributed by atoms with van der Waals surface area (Å²) in [6.45, 7) is 0. The summed E-state index contributed by atoms with van der Waals surface area (Å²) in [6.07, 6.45) is 3.56. The van der Waals surface area contributed by atoms with Crippen LogP contribution < -0.4 is 0 Å². The lowest BCUT2D eigenvalue weighted by Gasteiger charge is -2.11. The Balaban J connectivity index is 1.09. The largest absolute Gasteiger partial charge is 0.309 e. The summed E-state index contributed by atoms with van der Waals surface area (Å²) in [5, 5.41) is 7.14. The molecule has 0 spiro atoms. The highest BCUT2D eigenvalue weighted by Gasteiger charge is 2.15. The van der Waals surface area contributed by atoms with Crippen LogP contribution in [0.2, 0.25) is 0 Å². The second-order valence-corrected chi connectivity index (χ2v) is 12.6. The average molecular weight is 624 g/mol. The molecule has 49 heavy (non-hydrogen) atoms. The number of nitrogens with zero attached hydrogens (tertiary/aromatic N) is 3. The zero-order valence-corrected chi connectivity index (χ0v) is 26.6. The second kappa shape index (κ2) is 11.0. The van der Waals surface area contributed by atoms with Crippen molar-refractivity contribution in [2.75, 3.05) is 0 Å². The number of hydrogen-bond acceptors (Lipinski definition) is 2. The highest BCUT2D eigenvalue weighted by Crippen LogP contribution is 2.39. The summed E-state index contributed by atoms with van der Waals surface area (Å²) >= 11 is 0. The Morgan fingerprint density at radius 3 is 1.33 bits per heavy atom. The zero-order chi connectivity index (χ0) is 32.3. The summed E-state index contributed by atoms with van der Waals surface area (Å²) in [7, 11) is 0. The molecule has 0 amide bonds. The fraction of sp³-hybridized carbons (Fsp3) is 0. The van der Waals surface area contributed by atoms with Crippen LogP contribution in [0.1, 0.15) is 0 Å². The molecule has 0 aliphatic heterocycles. The quantitative estimate of drug-likeness (QED) is 0.183. The molecule has 0 bridgehead atoms. The molecule has 0 aliphatic rings. The molecule has 0 fully saturated rings. The van der Waals surface area contributed by atoms with Crippen LogP contribution in [0.4, 0.5) is 0 Å². The fourth-order valence-electron chi connectivity index (χ4n) is 7.53. The molecule has 0 aliphatic carbocycles. The Morgan fingerprint density at radius 2 is 0.735 bits per heavy atom. The van der Waals surface area contributed by atoms with Crippen molar-refractivity contribution in [3.8, 4) is 39.1 Å². The lowest BCUT2D eigenvalue weighted by Crippen LogP contribution is -1.93. The maximum atomic E-state index is 4.72. The molecule has 0 radical (unpaired) electrons. The molecule has 0 N–H and O–H groups in total. The van der Waals surface area contributed by atoms with Crippen molar-refractivity contribution in [2.24, 2.45) is 0 Å². The van der Waals surface area contributed by atoms with Crippen molar-refractivity contribution >= 4 is 54.4 Å². The minimum absolute atomic E-state index is 0.943. The molecule has 228 valence electrons. The van der Waals surface area contributed by atoms with Gasteiger partial charge in [-0.1, -0.05) is 121 Å². The highest BCUT2D eigenvalue weighted by molar-refractivity contribution is 6.23. The number of rotatable bonds is 4. The minimum Gasteiger partial charge on any atom is -0.309 e. The number of aromatic nitrogens is 3. The van der Waals surface area contributed by atoms with E-state index in [1.165, 1.54) is 66.0 Å². The molecular weight excluding hydrogens is 595 g/mol. The highest BCUT2D eigenvalue weighted by atomic mass is 15.0. The van der Waals surface area contributed by atoms with Crippen LogP contribution in [0.3, 0.4) is 0 Å². The Hall–Kier alpha value is -6.58. The molecule has 10 aromatic rings.